The standard InChI is InChI=1S/C14H36O2Si3/c1-11-12-13-18(7,8)16-19(9,10)14(2,3)15-17(4,5)6/h11-13H2,1-10H3. The van der Waals surface area contributed by atoms with Gasteiger partial charge in [-0.3, -0.25) is 0 Å². The molecule has 0 aromatic carbocycles. The first-order chi connectivity index (χ1) is 8.22. The maximum atomic E-state index is 6.71. The Morgan fingerprint density at radius 2 is 1.37 bits per heavy atom. The van der Waals surface area contributed by atoms with Gasteiger partial charge in [-0.25, -0.2) is 0 Å². The van der Waals surface area contributed by atoms with E-state index in [4.69, 9.17) is 8.54 Å². The lowest BCUT2D eigenvalue weighted by atomic mass is 10.4. The van der Waals surface area contributed by atoms with Gasteiger partial charge in [0.05, 0.1) is 5.22 Å². The van der Waals surface area contributed by atoms with Gasteiger partial charge in [0.1, 0.15) is 0 Å². The molecule has 0 N–H and O–H groups in total. The minimum Gasteiger partial charge on any atom is -0.454 e. The molecule has 116 valence electrons. The van der Waals surface area contributed by atoms with Crippen LogP contribution in [0.5, 0.6) is 0 Å². The van der Waals surface area contributed by atoms with Gasteiger partial charge in [-0.1, -0.05) is 19.8 Å². The molecule has 0 radical (unpaired) electrons. The fourth-order valence-electron chi connectivity index (χ4n) is 2.36. The van der Waals surface area contributed by atoms with Crippen molar-refractivity contribution in [3.8, 4) is 0 Å². The average molecular weight is 321 g/mol. The molecule has 0 atom stereocenters. The fraction of sp³-hybridized carbons (Fsp3) is 1.00. The molecule has 2 nitrogen and oxygen atoms in total. The number of unbranched alkanes of at least 4 members (excludes halogenated alkanes) is 1. The molecule has 0 aromatic rings. The van der Waals surface area contributed by atoms with Crippen LogP contribution in [0.3, 0.4) is 0 Å². The first kappa shape index (κ1) is 19.6. The molecule has 0 aliphatic rings. The van der Waals surface area contributed by atoms with Gasteiger partial charge in [0.15, 0.2) is 16.6 Å². The smallest absolute Gasteiger partial charge is 0.203 e. The molecule has 0 heterocycles. The second-order valence-corrected chi connectivity index (χ2v) is 21.7. The predicted molar refractivity (Wildman–Crippen MR) is 94.3 cm³/mol. The van der Waals surface area contributed by atoms with Gasteiger partial charge >= 0.3 is 0 Å². The van der Waals surface area contributed by atoms with E-state index >= 15 is 0 Å². The molecular formula is C14H36O2Si3. The molecule has 0 saturated heterocycles. The highest BCUT2D eigenvalue weighted by Gasteiger charge is 2.47. The van der Waals surface area contributed by atoms with Crippen LogP contribution in [-0.2, 0) is 8.54 Å². The van der Waals surface area contributed by atoms with Crippen molar-refractivity contribution in [2.75, 3.05) is 0 Å². The van der Waals surface area contributed by atoms with Crippen molar-refractivity contribution in [1.29, 1.82) is 0 Å². The summed E-state index contributed by atoms with van der Waals surface area (Å²) >= 11 is 0. The molecule has 0 spiro atoms. The average Bonchev–Trinajstić information content (AvgIpc) is 2.08. The zero-order valence-electron chi connectivity index (χ0n) is 14.9. The summed E-state index contributed by atoms with van der Waals surface area (Å²) < 4.78 is 13.2. The van der Waals surface area contributed by atoms with Crippen LogP contribution in [0.2, 0.25) is 51.9 Å². The Bertz CT molecular complexity index is 281. The lowest BCUT2D eigenvalue weighted by Gasteiger charge is -2.46. The third kappa shape index (κ3) is 7.22. The van der Waals surface area contributed by atoms with Crippen molar-refractivity contribution < 1.29 is 8.54 Å². The summed E-state index contributed by atoms with van der Waals surface area (Å²) in [6.07, 6.45) is 2.55. The van der Waals surface area contributed by atoms with Gasteiger partial charge in [0.25, 0.3) is 0 Å². The minimum atomic E-state index is -1.85. The van der Waals surface area contributed by atoms with Crippen molar-refractivity contribution in [3.05, 3.63) is 0 Å². The highest BCUT2D eigenvalue weighted by atomic mass is 28.4. The second-order valence-electron chi connectivity index (χ2n) is 8.20. The van der Waals surface area contributed by atoms with Crippen LogP contribution in [0.4, 0.5) is 0 Å². The van der Waals surface area contributed by atoms with E-state index in [0.717, 1.165) is 0 Å². The molecule has 0 saturated carbocycles. The summed E-state index contributed by atoms with van der Waals surface area (Å²) in [6, 6.07) is 1.27. The topological polar surface area (TPSA) is 18.5 Å². The molecule has 19 heavy (non-hydrogen) atoms. The van der Waals surface area contributed by atoms with Crippen LogP contribution < -0.4 is 0 Å². The highest BCUT2D eigenvalue weighted by Crippen LogP contribution is 2.32. The van der Waals surface area contributed by atoms with Crippen LogP contribution in [0.15, 0.2) is 0 Å². The Labute approximate surface area is 124 Å². The summed E-state index contributed by atoms with van der Waals surface area (Å²) in [7, 11) is -4.93. The van der Waals surface area contributed by atoms with E-state index < -0.39 is 25.0 Å². The highest BCUT2D eigenvalue weighted by molar-refractivity contribution is 6.86. The van der Waals surface area contributed by atoms with Gasteiger partial charge in [-0.05, 0) is 65.7 Å². The fourth-order valence-corrected chi connectivity index (χ4v) is 13.9. The van der Waals surface area contributed by atoms with E-state index in [9.17, 15) is 0 Å². The summed E-state index contributed by atoms with van der Waals surface area (Å²) in [5.41, 5.74) is 0. The Hall–Kier alpha value is 0.571. The number of rotatable bonds is 8. The maximum Gasteiger partial charge on any atom is 0.203 e. The summed E-state index contributed by atoms with van der Waals surface area (Å²) in [5, 5.41) is -0.103. The largest absolute Gasteiger partial charge is 0.454 e. The Balaban J connectivity index is 4.85. The lowest BCUT2D eigenvalue weighted by molar-refractivity contribution is 0.158. The van der Waals surface area contributed by atoms with E-state index in [-0.39, 0.29) is 5.22 Å². The molecule has 0 rings (SSSR count). The zero-order chi connectivity index (χ0) is 15.5. The van der Waals surface area contributed by atoms with Crippen LogP contribution in [0.25, 0.3) is 0 Å². The van der Waals surface area contributed by atoms with Crippen molar-refractivity contribution in [3.63, 3.8) is 0 Å². The predicted octanol–water partition coefficient (Wildman–Crippen LogP) is 5.38. The van der Waals surface area contributed by atoms with Gasteiger partial charge < -0.3 is 8.54 Å². The van der Waals surface area contributed by atoms with Crippen molar-refractivity contribution in [2.45, 2.75) is 90.7 Å². The van der Waals surface area contributed by atoms with Gasteiger partial charge in [0.2, 0.25) is 8.32 Å². The third-order valence-corrected chi connectivity index (χ3v) is 13.8. The van der Waals surface area contributed by atoms with Crippen molar-refractivity contribution in [1.82, 2.24) is 0 Å². The molecule has 5 heteroatoms. The van der Waals surface area contributed by atoms with Crippen LogP contribution in [0, 0.1) is 0 Å². The SMILES string of the molecule is CCCC[Si](C)(C)O[Si](C)(C)C(C)(C)O[Si](C)(C)C. The quantitative estimate of drug-likeness (QED) is 0.559. The molecule has 0 unspecified atom stereocenters. The molecular weight excluding hydrogens is 284 g/mol. The third-order valence-electron chi connectivity index (χ3n) is 3.68. The first-order valence-electron chi connectivity index (χ1n) is 7.63. The summed E-state index contributed by atoms with van der Waals surface area (Å²) in [5.74, 6) is 0. The van der Waals surface area contributed by atoms with Crippen LogP contribution in [0.1, 0.15) is 33.6 Å². The van der Waals surface area contributed by atoms with Crippen molar-refractivity contribution >= 4 is 25.0 Å². The molecule has 0 bridgehead atoms. The lowest BCUT2D eigenvalue weighted by Crippen LogP contribution is -2.61. The maximum absolute atomic E-state index is 6.71. The zero-order valence-corrected chi connectivity index (χ0v) is 17.9. The van der Waals surface area contributed by atoms with Crippen LogP contribution in [-0.4, -0.2) is 30.2 Å². The van der Waals surface area contributed by atoms with Crippen LogP contribution >= 0.6 is 0 Å². The summed E-state index contributed by atoms with van der Waals surface area (Å²) in [4.78, 5) is 0. The summed E-state index contributed by atoms with van der Waals surface area (Å²) in [6.45, 7) is 22.9. The number of hydrogen-bond acceptors (Lipinski definition) is 2. The Kier molecular flexibility index (Phi) is 6.75. The van der Waals surface area contributed by atoms with E-state index in [2.05, 4.69) is 66.6 Å². The van der Waals surface area contributed by atoms with E-state index in [0.29, 0.717) is 0 Å². The molecule has 0 aliphatic heterocycles. The van der Waals surface area contributed by atoms with Crippen molar-refractivity contribution in [2.24, 2.45) is 0 Å². The van der Waals surface area contributed by atoms with E-state index in [1.165, 1.54) is 18.9 Å². The molecule has 0 aliphatic carbocycles. The van der Waals surface area contributed by atoms with Gasteiger partial charge in [-0.15, -0.1) is 0 Å². The molecule has 0 aromatic heterocycles. The number of hydrogen-bond donors (Lipinski definition) is 0. The van der Waals surface area contributed by atoms with Gasteiger partial charge in [0, 0.05) is 0 Å². The Morgan fingerprint density at radius 3 is 1.74 bits per heavy atom. The van der Waals surface area contributed by atoms with E-state index in [1.54, 1.807) is 0 Å². The molecule has 0 fully saturated rings. The molecule has 0 amide bonds. The van der Waals surface area contributed by atoms with E-state index in [1.807, 2.05) is 0 Å². The Morgan fingerprint density at radius 1 is 0.895 bits per heavy atom. The normalized spacial score (nSPS) is 14.8. The second kappa shape index (κ2) is 6.56. The monoisotopic (exact) mass is 320 g/mol. The minimum absolute atomic E-state index is 0.103. The van der Waals surface area contributed by atoms with Gasteiger partial charge in [-0.2, -0.15) is 0 Å². The first-order valence-corrected chi connectivity index (χ1v) is 17.1.